The normalized spacial score (nSPS) is 12.2. The average Bonchev–Trinajstić information content (AvgIpc) is 3.10. The van der Waals surface area contributed by atoms with Crippen molar-refractivity contribution in [1.29, 1.82) is 0 Å². The molecule has 0 N–H and O–H groups in total. The van der Waals surface area contributed by atoms with E-state index in [2.05, 4.69) is 28.6 Å². The number of benzene rings is 2. The highest BCUT2D eigenvalue weighted by molar-refractivity contribution is 7.99. The Morgan fingerprint density at radius 1 is 1.00 bits per heavy atom. The van der Waals surface area contributed by atoms with E-state index in [1.54, 1.807) is 36.0 Å². The smallest absolute Gasteiger partial charge is 0.191 e. The molecule has 1 aromatic heterocycles. The van der Waals surface area contributed by atoms with Gasteiger partial charge in [-0.2, -0.15) is 0 Å². The molecule has 0 aliphatic carbocycles. The lowest BCUT2D eigenvalue weighted by Crippen LogP contribution is -2.15. The van der Waals surface area contributed by atoms with Gasteiger partial charge in [-0.15, -0.1) is 10.2 Å². The van der Waals surface area contributed by atoms with E-state index < -0.39 is 0 Å². The lowest BCUT2D eigenvalue weighted by Gasteiger charge is -2.18. The Hall–Kier alpha value is -2.25. The molecule has 3 aromatic rings. The minimum Gasteiger partial charge on any atom is -0.493 e. The zero-order chi connectivity index (χ0) is 21.5. The van der Waals surface area contributed by atoms with Gasteiger partial charge in [-0.1, -0.05) is 37.2 Å². The quantitative estimate of drug-likeness (QED) is 0.279. The molecule has 1 atom stereocenters. The van der Waals surface area contributed by atoms with Crippen LogP contribution in [-0.4, -0.2) is 27.1 Å². The summed E-state index contributed by atoms with van der Waals surface area (Å²) in [5, 5.41) is 10.2. The third kappa shape index (κ3) is 6.37. The summed E-state index contributed by atoms with van der Waals surface area (Å²) in [7, 11) is 0. The molecule has 30 heavy (non-hydrogen) atoms. The largest absolute Gasteiger partial charge is 0.493 e. The van der Waals surface area contributed by atoms with E-state index in [0.717, 1.165) is 29.0 Å². The summed E-state index contributed by atoms with van der Waals surface area (Å²) in [6, 6.07) is 13.3. The highest BCUT2D eigenvalue weighted by atomic mass is 35.5. The van der Waals surface area contributed by atoms with Crippen LogP contribution in [-0.2, 0) is 6.54 Å². The van der Waals surface area contributed by atoms with Gasteiger partial charge in [-0.3, -0.25) is 0 Å². The summed E-state index contributed by atoms with van der Waals surface area (Å²) in [4.78, 5) is 0. The van der Waals surface area contributed by atoms with Crippen molar-refractivity contribution >= 4 is 23.4 Å². The van der Waals surface area contributed by atoms with Gasteiger partial charge in [0, 0.05) is 17.3 Å². The first-order valence-corrected chi connectivity index (χ1v) is 11.1. The number of hydrogen-bond acceptors (Lipinski definition) is 5. The molecule has 0 aliphatic rings. The van der Waals surface area contributed by atoms with Crippen LogP contribution < -0.4 is 9.47 Å². The first-order chi connectivity index (χ1) is 14.4. The van der Waals surface area contributed by atoms with E-state index >= 15 is 0 Å². The standard InChI is InChI=1S/C22H25ClFN3O2S/c1-15(2)14-27-21(16(3)29-20-10-6-18(24)7-11-20)25-26-22(27)30-13-12-28-19-8-4-17(23)5-9-19/h4-11,15-16H,12-14H2,1-3H3. The van der Waals surface area contributed by atoms with Crippen LogP contribution in [0.1, 0.15) is 32.7 Å². The van der Waals surface area contributed by atoms with Crippen molar-refractivity contribution in [3.05, 3.63) is 65.2 Å². The van der Waals surface area contributed by atoms with Crippen molar-refractivity contribution in [2.75, 3.05) is 12.4 Å². The van der Waals surface area contributed by atoms with Crippen LogP contribution in [0.2, 0.25) is 5.02 Å². The van der Waals surface area contributed by atoms with Crippen molar-refractivity contribution in [3.63, 3.8) is 0 Å². The number of aromatic nitrogens is 3. The summed E-state index contributed by atoms with van der Waals surface area (Å²) >= 11 is 7.48. The van der Waals surface area contributed by atoms with Gasteiger partial charge >= 0.3 is 0 Å². The summed E-state index contributed by atoms with van der Waals surface area (Å²) in [5.74, 6) is 2.97. The lowest BCUT2D eigenvalue weighted by molar-refractivity contribution is 0.207. The number of hydrogen-bond donors (Lipinski definition) is 0. The molecule has 3 rings (SSSR count). The Morgan fingerprint density at radius 2 is 1.67 bits per heavy atom. The van der Waals surface area contributed by atoms with Crippen LogP contribution in [0, 0.1) is 11.7 Å². The van der Waals surface area contributed by atoms with E-state index in [-0.39, 0.29) is 11.9 Å². The fraction of sp³-hybridized carbons (Fsp3) is 0.364. The molecule has 0 fully saturated rings. The molecule has 1 unspecified atom stereocenters. The van der Waals surface area contributed by atoms with Crippen molar-refractivity contribution in [1.82, 2.24) is 14.8 Å². The van der Waals surface area contributed by atoms with Gasteiger partial charge in [-0.25, -0.2) is 4.39 Å². The number of thioether (sulfide) groups is 1. The fourth-order valence-electron chi connectivity index (χ4n) is 2.84. The Bertz CT molecular complexity index is 933. The van der Waals surface area contributed by atoms with Crippen LogP contribution >= 0.6 is 23.4 Å². The summed E-state index contributed by atoms with van der Waals surface area (Å²) < 4.78 is 26.9. The Kier molecular flexibility index (Phi) is 7.99. The third-order valence-electron chi connectivity index (χ3n) is 4.18. The Morgan fingerprint density at radius 3 is 2.33 bits per heavy atom. The lowest BCUT2D eigenvalue weighted by atomic mass is 10.2. The van der Waals surface area contributed by atoms with Crippen LogP contribution in [0.4, 0.5) is 4.39 Å². The molecule has 0 radical (unpaired) electrons. The SMILES string of the molecule is CC(C)Cn1c(SCCOc2ccc(Cl)cc2)nnc1C(C)Oc1ccc(F)cc1. The highest BCUT2D eigenvalue weighted by Gasteiger charge is 2.20. The molecular formula is C22H25ClFN3O2S. The topological polar surface area (TPSA) is 49.2 Å². The molecule has 1 heterocycles. The zero-order valence-electron chi connectivity index (χ0n) is 17.2. The Balaban J connectivity index is 1.63. The number of halogens is 2. The molecule has 2 aromatic carbocycles. The van der Waals surface area contributed by atoms with Crippen molar-refractivity contribution in [3.8, 4) is 11.5 Å². The maximum Gasteiger partial charge on any atom is 0.191 e. The number of ether oxygens (including phenoxy) is 2. The van der Waals surface area contributed by atoms with Gasteiger partial charge in [0.25, 0.3) is 0 Å². The molecule has 0 saturated heterocycles. The van der Waals surface area contributed by atoms with Gasteiger partial charge in [0.2, 0.25) is 0 Å². The number of rotatable bonds is 10. The monoisotopic (exact) mass is 449 g/mol. The summed E-state index contributed by atoms with van der Waals surface area (Å²) in [6.45, 7) is 7.53. The van der Waals surface area contributed by atoms with Crippen molar-refractivity contribution in [2.45, 2.75) is 38.6 Å². The maximum atomic E-state index is 13.1. The van der Waals surface area contributed by atoms with E-state index in [1.165, 1.54) is 12.1 Å². The van der Waals surface area contributed by atoms with Crippen molar-refractivity contribution < 1.29 is 13.9 Å². The molecule has 160 valence electrons. The second-order valence-corrected chi connectivity index (χ2v) is 8.71. The minimum atomic E-state index is -0.318. The third-order valence-corrected chi connectivity index (χ3v) is 5.36. The highest BCUT2D eigenvalue weighted by Crippen LogP contribution is 2.26. The maximum absolute atomic E-state index is 13.1. The van der Waals surface area contributed by atoms with Crippen LogP contribution in [0.5, 0.6) is 11.5 Å². The van der Waals surface area contributed by atoms with E-state index in [0.29, 0.717) is 23.3 Å². The average molecular weight is 450 g/mol. The van der Waals surface area contributed by atoms with Gasteiger partial charge in [0.15, 0.2) is 17.1 Å². The van der Waals surface area contributed by atoms with Gasteiger partial charge in [0.05, 0.1) is 6.61 Å². The fourth-order valence-corrected chi connectivity index (χ4v) is 3.74. The van der Waals surface area contributed by atoms with Crippen LogP contribution in [0.3, 0.4) is 0 Å². The molecule has 0 saturated carbocycles. The molecule has 0 amide bonds. The summed E-state index contributed by atoms with van der Waals surface area (Å²) in [6.07, 6.45) is -0.318. The van der Waals surface area contributed by atoms with Gasteiger partial charge < -0.3 is 14.0 Å². The van der Waals surface area contributed by atoms with E-state index in [9.17, 15) is 4.39 Å². The molecular weight excluding hydrogens is 425 g/mol. The number of nitrogens with zero attached hydrogens (tertiary/aromatic N) is 3. The minimum absolute atomic E-state index is 0.294. The van der Waals surface area contributed by atoms with Crippen LogP contribution in [0.15, 0.2) is 53.7 Å². The van der Waals surface area contributed by atoms with Gasteiger partial charge in [-0.05, 0) is 61.4 Å². The first kappa shape index (κ1) is 22.4. The predicted octanol–water partition coefficient (Wildman–Crippen LogP) is 6.04. The van der Waals surface area contributed by atoms with E-state index in [4.69, 9.17) is 21.1 Å². The predicted molar refractivity (Wildman–Crippen MR) is 118 cm³/mol. The molecule has 5 nitrogen and oxygen atoms in total. The second-order valence-electron chi connectivity index (χ2n) is 7.21. The summed E-state index contributed by atoms with van der Waals surface area (Å²) in [5.41, 5.74) is 0. The molecule has 0 aliphatic heterocycles. The molecule has 8 heteroatoms. The molecule has 0 spiro atoms. The van der Waals surface area contributed by atoms with E-state index in [1.807, 2.05) is 19.1 Å². The molecule has 0 bridgehead atoms. The van der Waals surface area contributed by atoms with Gasteiger partial charge in [0.1, 0.15) is 17.3 Å². The zero-order valence-corrected chi connectivity index (χ0v) is 18.8. The van der Waals surface area contributed by atoms with Crippen LogP contribution in [0.25, 0.3) is 0 Å². The first-order valence-electron chi connectivity index (χ1n) is 9.79. The Labute approximate surface area is 185 Å². The second kappa shape index (κ2) is 10.7. The van der Waals surface area contributed by atoms with Crippen molar-refractivity contribution in [2.24, 2.45) is 5.92 Å².